The zero-order valence-corrected chi connectivity index (χ0v) is 10.5. The Bertz CT molecular complexity index is 698. The zero-order valence-electron chi connectivity index (χ0n) is 10.5. The maximum absolute atomic E-state index is 13.2. The predicted octanol–water partition coefficient (Wildman–Crippen LogP) is 2.75. The third-order valence-electron chi connectivity index (χ3n) is 2.94. The molecule has 0 fully saturated rings. The van der Waals surface area contributed by atoms with Crippen molar-refractivity contribution in [2.24, 2.45) is 0 Å². The smallest absolute Gasteiger partial charge is 0.358 e. The van der Waals surface area contributed by atoms with E-state index in [-0.39, 0.29) is 34.9 Å². The number of aromatic nitrogens is 1. The first-order valence-electron chi connectivity index (χ1n) is 5.98. The van der Waals surface area contributed by atoms with Crippen molar-refractivity contribution in [1.82, 2.24) is 5.16 Å². The van der Waals surface area contributed by atoms with Gasteiger partial charge in [0.05, 0.1) is 0 Å². The summed E-state index contributed by atoms with van der Waals surface area (Å²) in [6, 6.07) is 3.58. The first kappa shape index (κ1) is 13.3. The molecule has 1 N–H and O–H groups in total. The molecule has 0 spiro atoms. The number of alkyl halides is 2. The van der Waals surface area contributed by atoms with Gasteiger partial charge in [-0.2, -0.15) is 0 Å². The largest absolute Gasteiger partial charge is 0.486 e. The van der Waals surface area contributed by atoms with Gasteiger partial charge in [-0.1, -0.05) is 5.16 Å². The van der Waals surface area contributed by atoms with E-state index < -0.39 is 12.4 Å². The molecule has 1 aromatic carbocycles. The summed E-state index contributed by atoms with van der Waals surface area (Å²) in [7, 11) is 0. The van der Waals surface area contributed by atoms with Gasteiger partial charge in [0.2, 0.25) is 0 Å². The summed E-state index contributed by atoms with van der Waals surface area (Å²) in [5.41, 5.74) is -0.679. The lowest BCUT2D eigenvalue weighted by Gasteiger charge is -2.20. The minimum absolute atomic E-state index is 0.0225. The molecule has 0 bridgehead atoms. The highest BCUT2D eigenvalue weighted by molar-refractivity contribution is 5.86. The van der Waals surface area contributed by atoms with Crippen LogP contribution in [0.3, 0.4) is 0 Å². The SMILES string of the molecule is O=C(O)c1cc(-c2cc3c(cc2C(F)F)OCCO3)on1. The van der Waals surface area contributed by atoms with E-state index in [1.165, 1.54) is 6.07 Å². The lowest BCUT2D eigenvalue weighted by atomic mass is 10.0. The standard InChI is InChI=1S/C13H9F2NO5/c14-12(15)7-4-11-10(19-1-2-20-11)3-6(7)9-5-8(13(17)18)16-21-9/h3-5,12H,1-2H2,(H,17,18). The quantitative estimate of drug-likeness (QED) is 0.938. The Hall–Kier alpha value is -2.64. The third kappa shape index (κ3) is 2.39. The zero-order chi connectivity index (χ0) is 15.0. The van der Waals surface area contributed by atoms with Gasteiger partial charge < -0.3 is 19.1 Å². The van der Waals surface area contributed by atoms with Gasteiger partial charge in [0.1, 0.15) is 13.2 Å². The average molecular weight is 297 g/mol. The molecular weight excluding hydrogens is 288 g/mol. The highest BCUT2D eigenvalue weighted by Crippen LogP contribution is 2.41. The molecule has 0 amide bonds. The number of hydrogen-bond donors (Lipinski definition) is 1. The van der Waals surface area contributed by atoms with E-state index in [0.29, 0.717) is 12.4 Å². The van der Waals surface area contributed by atoms with Crippen molar-refractivity contribution in [3.05, 3.63) is 29.5 Å². The number of rotatable bonds is 3. The van der Waals surface area contributed by atoms with Gasteiger partial charge in [-0.05, 0) is 12.1 Å². The Balaban J connectivity index is 2.12. The lowest BCUT2D eigenvalue weighted by molar-refractivity contribution is 0.0685. The number of aromatic carboxylic acids is 1. The van der Waals surface area contributed by atoms with Crippen LogP contribution in [0, 0.1) is 0 Å². The second-order valence-electron chi connectivity index (χ2n) is 4.27. The van der Waals surface area contributed by atoms with Crippen LogP contribution in [0.1, 0.15) is 22.5 Å². The molecule has 0 unspecified atom stereocenters. The van der Waals surface area contributed by atoms with E-state index in [2.05, 4.69) is 5.16 Å². The van der Waals surface area contributed by atoms with Gasteiger partial charge in [0.25, 0.3) is 6.43 Å². The van der Waals surface area contributed by atoms with E-state index in [9.17, 15) is 13.6 Å². The van der Waals surface area contributed by atoms with Gasteiger partial charge >= 0.3 is 5.97 Å². The third-order valence-corrected chi connectivity index (χ3v) is 2.94. The van der Waals surface area contributed by atoms with Crippen LogP contribution in [0.15, 0.2) is 22.7 Å². The highest BCUT2D eigenvalue weighted by Gasteiger charge is 2.24. The Morgan fingerprint density at radius 2 is 1.86 bits per heavy atom. The first-order valence-corrected chi connectivity index (χ1v) is 5.98. The Kier molecular flexibility index (Phi) is 3.20. The summed E-state index contributed by atoms with van der Waals surface area (Å²) in [6.45, 7) is 0.581. The normalized spacial score (nSPS) is 13.5. The van der Waals surface area contributed by atoms with Crippen LogP contribution < -0.4 is 9.47 Å². The van der Waals surface area contributed by atoms with E-state index >= 15 is 0 Å². The van der Waals surface area contributed by atoms with E-state index in [0.717, 1.165) is 12.1 Å². The second kappa shape index (κ2) is 5.04. The number of nitrogens with zero attached hydrogens (tertiary/aromatic N) is 1. The monoisotopic (exact) mass is 297 g/mol. The first-order chi connectivity index (χ1) is 10.1. The van der Waals surface area contributed by atoms with Crippen LogP contribution in [0.25, 0.3) is 11.3 Å². The number of carboxylic acids is 1. The lowest BCUT2D eigenvalue weighted by Crippen LogP contribution is -2.15. The molecule has 110 valence electrons. The summed E-state index contributed by atoms with van der Waals surface area (Å²) in [5.74, 6) is -0.854. The molecule has 2 aromatic rings. The molecule has 1 aromatic heterocycles. The summed E-state index contributed by atoms with van der Waals surface area (Å²) in [6.07, 6.45) is -2.78. The van der Waals surface area contributed by atoms with Crippen molar-refractivity contribution in [3.8, 4) is 22.8 Å². The number of benzene rings is 1. The van der Waals surface area contributed by atoms with Crippen LogP contribution in [0.2, 0.25) is 0 Å². The fraction of sp³-hybridized carbons (Fsp3) is 0.231. The van der Waals surface area contributed by atoms with Gasteiger partial charge in [-0.15, -0.1) is 0 Å². The van der Waals surface area contributed by atoms with Gasteiger partial charge in [-0.25, -0.2) is 13.6 Å². The molecule has 0 atom stereocenters. The van der Waals surface area contributed by atoms with Crippen LogP contribution in [-0.4, -0.2) is 29.4 Å². The highest BCUT2D eigenvalue weighted by atomic mass is 19.3. The number of halogens is 2. The average Bonchev–Trinajstić information content (AvgIpc) is 2.95. The molecule has 8 heteroatoms. The van der Waals surface area contributed by atoms with Crippen molar-refractivity contribution in [2.45, 2.75) is 6.43 Å². The summed E-state index contributed by atoms with van der Waals surface area (Å²) in [5, 5.41) is 12.1. The van der Waals surface area contributed by atoms with E-state index in [4.69, 9.17) is 19.1 Å². The van der Waals surface area contributed by atoms with Gasteiger partial charge in [0.15, 0.2) is 23.0 Å². The Morgan fingerprint density at radius 1 is 1.19 bits per heavy atom. The van der Waals surface area contributed by atoms with Crippen LogP contribution in [0.4, 0.5) is 8.78 Å². The van der Waals surface area contributed by atoms with Crippen molar-refractivity contribution in [3.63, 3.8) is 0 Å². The van der Waals surface area contributed by atoms with Crippen molar-refractivity contribution in [2.75, 3.05) is 13.2 Å². The molecule has 21 heavy (non-hydrogen) atoms. The summed E-state index contributed by atoms with van der Waals surface area (Å²) >= 11 is 0. The molecule has 1 aliphatic heterocycles. The molecule has 0 saturated heterocycles. The fourth-order valence-electron chi connectivity index (χ4n) is 2.00. The van der Waals surface area contributed by atoms with Crippen LogP contribution >= 0.6 is 0 Å². The maximum atomic E-state index is 13.2. The van der Waals surface area contributed by atoms with Crippen LogP contribution in [0.5, 0.6) is 11.5 Å². The number of fused-ring (bicyclic) bond motifs is 1. The number of carboxylic acid groups (broad SMARTS) is 1. The number of hydrogen-bond acceptors (Lipinski definition) is 5. The molecule has 1 aliphatic rings. The van der Waals surface area contributed by atoms with Gasteiger partial charge in [0, 0.05) is 17.2 Å². The molecule has 6 nitrogen and oxygen atoms in total. The van der Waals surface area contributed by atoms with Crippen molar-refractivity contribution in [1.29, 1.82) is 0 Å². The van der Waals surface area contributed by atoms with Crippen molar-refractivity contribution >= 4 is 5.97 Å². The maximum Gasteiger partial charge on any atom is 0.358 e. The molecule has 3 rings (SSSR count). The Morgan fingerprint density at radius 3 is 2.43 bits per heavy atom. The molecule has 0 saturated carbocycles. The second-order valence-corrected chi connectivity index (χ2v) is 4.27. The molecule has 0 aliphatic carbocycles. The molecule has 2 heterocycles. The topological polar surface area (TPSA) is 81.8 Å². The minimum Gasteiger partial charge on any atom is -0.486 e. The number of carbonyl (C=O) groups is 1. The Labute approximate surface area is 116 Å². The van der Waals surface area contributed by atoms with E-state index in [1.807, 2.05) is 0 Å². The number of ether oxygens (including phenoxy) is 2. The van der Waals surface area contributed by atoms with Gasteiger partial charge in [-0.3, -0.25) is 0 Å². The van der Waals surface area contributed by atoms with E-state index in [1.54, 1.807) is 0 Å². The summed E-state index contributed by atoms with van der Waals surface area (Å²) in [4.78, 5) is 10.8. The van der Waals surface area contributed by atoms with Crippen molar-refractivity contribution < 1.29 is 32.7 Å². The minimum atomic E-state index is -2.78. The predicted molar refractivity (Wildman–Crippen MR) is 64.8 cm³/mol. The van der Waals surface area contributed by atoms with Crippen LogP contribution in [-0.2, 0) is 0 Å². The fourth-order valence-corrected chi connectivity index (χ4v) is 2.00. The molecule has 0 radical (unpaired) electrons. The molecular formula is C13H9F2NO5. The summed E-state index contributed by atoms with van der Waals surface area (Å²) < 4.78 is 41.8.